The maximum atomic E-state index is 12.9. The average Bonchev–Trinajstić information content (AvgIpc) is 3.44. The molecule has 0 bridgehead atoms. The van der Waals surface area contributed by atoms with Crippen LogP contribution in [0.1, 0.15) is 107 Å². The number of aromatic nitrogens is 1. The zero-order chi connectivity index (χ0) is 29.3. The minimum Gasteiger partial charge on any atom is -0.493 e. The van der Waals surface area contributed by atoms with Crippen molar-refractivity contribution in [2.45, 2.75) is 97.4 Å². The molecular formula is C32H45NO6PS+. The third kappa shape index (κ3) is 12.4. The van der Waals surface area contributed by atoms with Gasteiger partial charge in [-0.05, 0) is 37.6 Å². The molecule has 7 nitrogen and oxygen atoms in total. The molecule has 0 aliphatic carbocycles. The SMILES string of the molecule is CCCCCCCCCCCCCCOc1cccc(OP(=O)(O)Oc2cccc(C[n+]3ccsc3)c2)c1C(C)=O. The number of Topliss-reactive ketones (excluding diaryl/α,β-unsaturated/α-hetero) is 1. The summed E-state index contributed by atoms with van der Waals surface area (Å²) in [5.41, 5.74) is 3.01. The minimum absolute atomic E-state index is 0.0412. The lowest BCUT2D eigenvalue weighted by atomic mass is 10.1. The normalized spacial score (nSPS) is 12.6. The van der Waals surface area contributed by atoms with Crippen LogP contribution in [0.5, 0.6) is 17.2 Å². The molecule has 1 aromatic heterocycles. The third-order valence-corrected chi connectivity index (χ3v) is 8.36. The van der Waals surface area contributed by atoms with Crippen molar-refractivity contribution in [3.8, 4) is 17.2 Å². The molecule has 1 N–H and O–H groups in total. The fourth-order valence-electron chi connectivity index (χ4n) is 4.72. The zero-order valence-electron chi connectivity index (χ0n) is 24.5. The highest BCUT2D eigenvalue weighted by Crippen LogP contribution is 2.46. The van der Waals surface area contributed by atoms with Gasteiger partial charge in [-0.2, -0.15) is 4.57 Å². The number of phosphoric ester groups is 1. The van der Waals surface area contributed by atoms with Crippen LogP contribution in [0.2, 0.25) is 0 Å². The van der Waals surface area contributed by atoms with Gasteiger partial charge in [-0.1, -0.05) is 107 Å². The number of rotatable bonds is 21. The van der Waals surface area contributed by atoms with Crippen molar-refractivity contribution in [3.63, 3.8) is 0 Å². The van der Waals surface area contributed by atoms with Crippen molar-refractivity contribution in [1.29, 1.82) is 0 Å². The monoisotopic (exact) mass is 602 g/mol. The van der Waals surface area contributed by atoms with Crippen LogP contribution in [0.4, 0.5) is 0 Å². The van der Waals surface area contributed by atoms with Gasteiger partial charge in [0.05, 0.1) is 12.0 Å². The van der Waals surface area contributed by atoms with Crippen LogP contribution in [0, 0.1) is 0 Å². The van der Waals surface area contributed by atoms with Gasteiger partial charge in [0.2, 0.25) is 5.51 Å². The number of nitrogens with zero attached hydrogens (tertiary/aromatic N) is 1. The van der Waals surface area contributed by atoms with E-state index < -0.39 is 7.82 Å². The van der Waals surface area contributed by atoms with Gasteiger partial charge in [-0.25, -0.2) is 4.57 Å². The van der Waals surface area contributed by atoms with Gasteiger partial charge in [-0.3, -0.25) is 9.69 Å². The topological polar surface area (TPSA) is 85.9 Å². The van der Waals surface area contributed by atoms with Gasteiger partial charge in [0.25, 0.3) is 0 Å². The average molecular weight is 603 g/mol. The van der Waals surface area contributed by atoms with E-state index in [0.29, 0.717) is 18.9 Å². The van der Waals surface area contributed by atoms with Crippen LogP contribution in [0.3, 0.4) is 0 Å². The van der Waals surface area contributed by atoms with Gasteiger partial charge in [0, 0.05) is 5.56 Å². The van der Waals surface area contributed by atoms with Crippen molar-refractivity contribution in [2.75, 3.05) is 6.61 Å². The zero-order valence-corrected chi connectivity index (χ0v) is 26.2. The molecule has 41 heavy (non-hydrogen) atoms. The molecule has 0 aliphatic rings. The highest BCUT2D eigenvalue weighted by molar-refractivity contribution is 7.48. The predicted molar refractivity (Wildman–Crippen MR) is 164 cm³/mol. The molecule has 0 saturated carbocycles. The summed E-state index contributed by atoms with van der Waals surface area (Å²) >= 11 is 1.58. The summed E-state index contributed by atoms with van der Waals surface area (Å²) in [7, 11) is -4.59. The Balaban J connectivity index is 1.46. The largest absolute Gasteiger partial charge is 0.584 e. The number of carbonyl (C=O) groups excluding carboxylic acids is 1. The van der Waals surface area contributed by atoms with Crippen molar-refractivity contribution in [3.05, 3.63) is 70.7 Å². The van der Waals surface area contributed by atoms with Crippen LogP contribution in [0.25, 0.3) is 0 Å². The maximum absolute atomic E-state index is 12.9. The minimum atomic E-state index is -4.59. The first kappa shape index (κ1) is 32.8. The van der Waals surface area contributed by atoms with E-state index in [-0.39, 0.29) is 22.8 Å². The Morgan fingerprint density at radius 2 is 1.51 bits per heavy atom. The number of carbonyl (C=O) groups is 1. The molecule has 0 saturated heterocycles. The maximum Gasteiger partial charge on any atom is 0.584 e. The molecule has 1 atom stereocenters. The van der Waals surface area contributed by atoms with Crippen molar-refractivity contribution >= 4 is 24.9 Å². The van der Waals surface area contributed by atoms with Gasteiger partial charge >= 0.3 is 7.82 Å². The lowest BCUT2D eigenvalue weighted by molar-refractivity contribution is -0.683. The highest BCUT2D eigenvalue weighted by Gasteiger charge is 2.29. The standard InChI is InChI=1S/C32H44NO6PS/c1-3-4-5-6-7-8-9-10-11-12-13-14-22-37-30-19-16-20-31(32(30)27(2)34)39-40(35,36)38-29-18-15-17-28(24-29)25-33-21-23-41-26-33/h15-21,23-24,26H,3-14,22,25H2,1-2H3/p+1. The van der Waals surface area contributed by atoms with E-state index in [2.05, 4.69) is 6.92 Å². The summed E-state index contributed by atoms with van der Waals surface area (Å²) in [5.74, 6) is 0.182. The second-order valence-electron chi connectivity index (χ2n) is 10.4. The molecular weight excluding hydrogens is 557 g/mol. The number of thiazole rings is 1. The second kappa shape index (κ2) is 18.0. The number of ketones is 1. The second-order valence-corrected chi connectivity index (χ2v) is 12.5. The van der Waals surface area contributed by atoms with Crippen molar-refractivity contribution < 1.29 is 32.6 Å². The molecule has 3 aromatic rings. The molecule has 1 unspecified atom stereocenters. The van der Waals surface area contributed by atoms with E-state index in [9.17, 15) is 14.3 Å². The third-order valence-electron chi connectivity index (χ3n) is 6.82. The fourth-order valence-corrected chi connectivity index (χ4v) is 6.13. The van der Waals surface area contributed by atoms with E-state index in [1.807, 2.05) is 27.7 Å². The number of benzene rings is 2. The summed E-state index contributed by atoms with van der Waals surface area (Å²) in [6, 6.07) is 11.7. The molecule has 3 rings (SSSR count). The summed E-state index contributed by atoms with van der Waals surface area (Å²) in [4.78, 5) is 23.0. The Labute approximate surface area is 249 Å². The molecule has 2 aromatic carbocycles. The first-order valence-electron chi connectivity index (χ1n) is 14.9. The summed E-state index contributed by atoms with van der Waals surface area (Å²) in [6.45, 7) is 4.70. The number of phosphoric acid groups is 1. The molecule has 0 aliphatic heterocycles. The molecule has 9 heteroatoms. The van der Waals surface area contributed by atoms with Gasteiger partial charge < -0.3 is 13.8 Å². The van der Waals surface area contributed by atoms with Crippen LogP contribution in [-0.4, -0.2) is 17.3 Å². The highest BCUT2D eigenvalue weighted by atomic mass is 32.1. The summed E-state index contributed by atoms with van der Waals surface area (Å²) in [5, 5.41) is 1.97. The van der Waals surface area contributed by atoms with Crippen LogP contribution in [-0.2, 0) is 11.1 Å². The van der Waals surface area contributed by atoms with E-state index in [1.165, 1.54) is 77.2 Å². The Morgan fingerprint density at radius 1 is 0.878 bits per heavy atom. The molecule has 0 fully saturated rings. The molecule has 0 radical (unpaired) electrons. The summed E-state index contributed by atoms with van der Waals surface area (Å²) < 4.78 is 31.6. The smallest absolute Gasteiger partial charge is 0.493 e. The van der Waals surface area contributed by atoms with Crippen molar-refractivity contribution in [1.82, 2.24) is 0 Å². The summed E-state index contributed by atoms with van der Waals surface area (Å²) in [6.07, 6.45) is 17.0. The molecule has 1 heterocycles. The predicted octanol–water partition coefficient (Wildman–Crippen LogP) is 8.92. The van der Waals surface area contributed by atoms with E-state index >= 15 is 0 Å². The van der Waals surface area contributed by atoms with Gasteiger partial charge in [-0.15, -0.1) is 0 Å². The Kier molecular flexibility index (Phi) is 14.4. The quantitative estimate of drug-likeness (QED) is 0.0567. The number of unbranched alkanes of at least 4 members (excludes halogenated alkanes) is 11. The molecule has 0 spiro atoms. The molecule has 0 amide bonds. The van der Waals surface area contributed by atoms with Crippen LogP contribution in [0.15, 0.2) is 59.6 Å². The molecule has 224 valence electrons. The number of hydrogen-bond donors (Lipinski definition) is 1. The Bertz CT molecular complexity index is 1230. The number of ether oxygens (including phenoxy) is 1. The number of hydrogen-bond acceptors (Lipinski definition) is 6. The van der Waals surface area contributed by atoms with E-state index in [0.717, 1.165) is 18.4 Å². The first-order chi connectivity index (χ1) is 19.9. The van der Waals surface area contributed by atoms with E-state index in [4.69, 9.17) is 13.8 Å². The van der Waals surface area contributed by atoms with Crippen molar-refractivity contribution in [2.24, 2.45) is 0 Å². The first-order valence-corrected chi connectivity index (χ1v) is 17.3. The van der Waals surface area contributed by atoms with Gasteiger partial charge in [0.1, 0.15) is 22.8 Å². The Hall–Kier alpha value is -2.67. The van der Waals surface area contributed by atoms with Crippen LogP contribution < -0.4 is 18.4 Å². The lowest BCUT2D eigenvalue weighted by Gasteiger charge is -2.17. The lowest BCUT2D eigenvalue weighted by Crippen LogP contribution is -2.30. The van der Waals surface area contributed by atoms with Gasteiger partial charge in [0.15, 0.2) is 18.5 Å². The fraction of sp³-hybridized carbons (Fsp3) is 0.500. The Morgan fingerprint density at radius 3 is 2.15 bits per heavy atom. The van der Waals surface area contributed by atoms with Crippen LogP contribution >= 0.6 is 19.2 Å². The van der Waals surface area contributed by atoms with E-state index in [1.54, 1.807) is 41.7 Å².